The van der Waals surface area contributed by atoms with Crippen molar-refractivity contribution in [1.29, 1.82) is 0 Å². The Hall–Kier alpha value is -3.33. The molecule has 3 aromatic heterocycles. The van der Waals surface area contributed by atoms with Gasteiger partial charge in [-0.15, -0.1) is 0 Å². The van der Waals surface area contributed by atoms with Crippen LogP contribution in [0, 0.1) is 0 Å². The lowest BCUT2D eigenvalue weighted by atomic mass is 10.1. The Bertz CT molecular complexity index is 1040. The van der Waals surface area contributed by atoms with Crippen molar-refractivity contribution < 1.29 is 26.5 Å². The van der Waals surface area contributed by atoms with Gasteiger partial charge in [-0.05, 0) is 49.4 Å². The zero-order valence-corrected chi connectivity index (χ0v) is 16.5. The smallest absolute Gasteiger partial charge is 0.416 e. The monoisotopic (exact) mass is 431 g/mol. The summed E-state index contributed by atoms with van der Waals surface area (Å²) in [5.41, 5.74) is -0.482. The summed E-state index contributed by atoms with van der Waals surface area (Å²) >= 11 is 0. The van der Waals surface area contributed by atoms with Crippen LogP contribution in [0.3, 0.4) is 0 Å². The van der Waals surface area contributed by atoms with Crippen LogP contribution in [-0.4, -0.2) is 21.6 Å². The quantitative estimate of drug-likeness (QED) is 0.345. The highest BCUT2D eigenvalue weighted by molar-refractivity contribution is 5.55. The molecule has 4 aromatic rings. The van der Waals surface area contributed by atoms with Crippen LogP contribution in [0.4, 0.5) is 13.2 Å². The highest BCUT2D eigenvalue weighted by Gasteiger charge is 2.30. The van der Waals surface area contributed by atoms with Crippen molar-refractivity contribution in [2.75, 3.05) is 6.54 Å². The minimum absolute atomic E-state index is 0.143. The van der Waals surface area contributed by atoms with Crippen LogP contribution < -0.4 is 0 Å². The van der Waals surface area contributed by atoms with Gasteiger partial charge in [0.15, 0.2) is 0 Å². The number of hydrogen-bond donors (Lipinski definition) is 0. The first-order valence-electron chi connectivity index (χ1n) is 9.75. The molecule has 0 saturated carbocycles. The van der Waals surface area contributed by atoms with Crippen LogP contribution in [0.15, 0.2) is 74.4 Å². The van der Waals surface area contributed by atoms with Crippen molar-refractivity contribution >= 4 is 0 Å². The highest BCUT2D eigenvalue weighted by atomic mass is 19.4. The first kappa shape index (κ1) is 20.9. The van der Waals surface area contributed by atoms with E-state index in [1.807, 2.05) is 24.3 Å². The van der Waals surface area contributed by atoms with E-state index in [1.54, 1.807) is 12.5 Å². The van der Waals surface area contributed by atoms with E-state index in [2.05, 4.69) is 15.0 Å². The number of aromatic nitrogens is 2. The van der Waals surface area contributed by atoms with E-state index >= 15 is 0 Å². The molecular weight excluding hydrogens is 411 g/mol. The summed E-state index contributed by atoms with van der Waals surface area (Å²) in [6.07, 6.45) is 0.0563. The molecule has 0 bridgehead atoms. The van der Waals surface area contributed by atoms with Gasteiger partial charge in [0, 0.05) is 12.0 Å². The normalized spacial score (nSPS) is 12.0. The molecule has 0 aliphatic carbocycles. The van der Waals surface area contributed by atoms with Crippen molar-refractivity contribution in [2.45, 2.75) is 32.1 Å². The van der Waals surface area contributed by atoms with Gasteiger partial charge in [-0.1, -0.05) is 17.3 Å². The first-order chi connectivity index (χ1) is 15.0. The van der Waals surface area contributed by atoms with Gasteiger partial charge in [-0.2, -0.15) is 18.2 Å². The van der Waals surface area contributed by atoms with Crippen LogP contribution in [0.5, 0.6) is 0 Å². The molecule has 0 aliphatic rings. The molecule has 31 heavy (non-hydrogen) atoms. The maximum atomic E-state index is 12.9. The fraction of sp³-hybridized carbons (Fsp3) is 0.273. The Balaban J connectivity index is 1.37. The third kappa shape index (κ3) is 5.64. The summed E-state index contributed by atoms with van der Waals surface area (Å²) < 4.78 is 54.9. The van der Waals surface area contributed by atoms with Gasteiger partial charge in [0.25, 0.3) is 0 Å². The van der Waals surface area contributed by atoms with Crippen LogP contribution in [0.2, 0.25) is 0 Å². The third-order valence-corrected chi connectivity index (χ3v) is 4.70. The van der Waals surface area contributed by atoms with Crippen LogP contribution in [0.25, 0.3) is 11.4 Å². The fourth-order valence-corrected chi connectivity index (χ4v) is 3.22. The molecule has 0 saturated heterocycles. The molecule has 1 aromatic carbocycles. The van der Waals surface area contributed by atoms with Crippen molar-refractivity contribution in [1.82, 2.24) is 15.0 Å². The van der Waals surface area contributed by atoms with Gasteiger partial charge in [-0.25, -0.2) is 0 Å². The van der Waals surface area contributed by atoms with Gasteiger partial charge >= 0.3 is 6.18 Å². The van der Waals surface area contributed by atoms with E-state index in [0.29, 0.717) is 38.4 Å². The van der Waals surface area contributed by atoms with Gasteiger partial charge in [0.05, 0.1) is 31.2 Å². The van der Waals surface area contributed by atoms with Crippen molar-refractivity contribution in [3.63, 3.8) is 0 Å². The molecular formula is C22H20F3N3O3. The molecule has 0 amide bonds. The van der Waals surface area contributed by atoms with Gasteiger partial charge in [-0.3, -0.25) is 4.90 Å². The molecule has 0 unspecified atom stereocenters. The van der Waals surface area contributed by atoms with E-state index in [4.69, 9.17) is 13.4 Å². The number of halogens is 3. The molecule has 0 aliphatic heterocycles. The van der Waals surface area contributed by atoms with Gasteiger partial charge in [0.1, 0.15) is 11.5 Å². The Labute approximate surface area is 176 Å². The summed E-state index contributed by atoms with van der Waals surface area (Å²) in [7, 11) is 0. The number of hydrogen-bond acceptors (Lipinski definition) is 6. The lowest BCUT2D eigenvalue weighted by Crippen LogP contribution is -2.24. The number of rotatable bonds is 9. The molecule has 0 atom stereocenters. The standard InChI is InChI=1S/C22H20F3N3O3/c23-22(24,25)17-6-1-5-16(13-17)21-26-20(31-27-21)9-2-10-28(14-18-7-3-11-29-18)15-19-8-4-12-30-19/h1,3-8,11-13H,2,9-10,14-15H2. The van der Waals surface area contributed by atoms with E-state index in [-0.39, 0.29) is 11.4 Å². The second-order valence-electron chi connectivity index (χ2n) is 7.06. The molecule has 0 fully saturated rings. The van der Waals surface area contributed by atoms with Crippen LogP contribution in [-0.2, 0) is 25.7 Å². The second-order valence-corrected chi connectivity index (χ2v) is 7.06. The van der Waals surface area contributed by atoms with E-state index in [9.17, 15) is 13.2 Å². The van der Waals surface area contributed by atoms with E-state index in [0.717, 1.165) is 23.7 Å². The largest absolute Gasteiger partial charge is 0.468 e. The minimum atomic E-state index is -4.42. The molecule has 0 N–H and O–H groups in total. The molecule has 0 spiro atoms. The number of aryl methyl sites for hydroxylation is 1. The summed E-state index contributed by atoms with van der Waals surface area (Å²) in [5, 5.41) is 3.83. The summed E-state index contributed by atoms with van der Waals surface area (Å²) in [6.45, 7) is 1.95. The zero-order chi connectivity index (χ0) is 21.7. The molecule has 0 radical (unpaired) electrons. The highest BCUT2D eigenvalue weighted by Crippen LogP contribution is 2.31. The summed E-state index contributed by atoms with van der Waals surface area (Å²) in [4.78, 5) is 6.42. The zero-order valence-electron chi connectivity index (χ0n) is 16.5. The van der Waals surface area contributed by atoms with E-state index < -0.39 is 11.7 Å². The summed E-state index contributed by atoms with van der Waals surface area (Å²) in [5.74, 6) is 2.21. The maximum absolute atomic E-state index is 12.9. The number of alkyl halides is 3. The van der Waals surface area contributed by atoms with Crippen molar-refractivity contribution in [3.05, 3.63) is 84.0 Å². The third-order valence-electron chi connectivity index (χ3n) is 4.70. The van der Waals surface area contributed by atoms with Gasteiger partial charge in [0.2, 0.25) is 11.7 Å². The number of nitrogens with zero attached hydrogens (tertiary/aromatic N) is 3. The molecule has 6 nitrogen and oxygen atoms in total. The lowest BCUT2D eigenvalue weighted by molar-refractivity contribution is -0.137. The minimum Gasteiger partial charge on any atom is -0.468 e. The molecule has 4 rings (SSSR count). The molecule has 9 heteroatoms. The van der Waals surface area contributed by atoms with Crippen molar-refractivity contribution in [2.24, 2.45) is 0 Å². The molecule has 162 valence electrons. The topological polar surface area (TPSA) is 68.4 Å². The maximum Gasteiger partial charge on any atom is 0.416 e. The second kappa shape index (κ2) is 9.22. The van der Waals surface area contributed by atoms with E-state index in [1.165, 1.54) is 12.1 Å². The Morgan fingerprint density at radius 2 is 1.61 bits per heavy atom. The Morgan fingerprint density at radius 3 is 2.23 bits per heavy atom. The Kier molecular flexibility index (Phi) is 6.22. The van der Waals surface area contributed by atoms with Crippen LogP contribution in [0.1, 0.15) is 29.4 Å². The molecule has 3 heterocycles. The summed E-state index contributed by atoms with van der Waals surface area (Å²) in [6, 6.07) is 12.4. The average Bonchev–Trinajstić information content (AvgIpc) is 3.51. The first-order valence-corrected chi connectivity index (χ1v) is 9.75. The van der Waals surface area contributed by atoms with Crippen molar-refractivity contribution in [3.8, 4) is 11.4 Å². The fourth-order valence-electron chi connectivity index (χ4n) is 3.22. The Morgan fingerprint density at radius 1 is 0.903 bits per heavy atom. The van der Waals surface area contributed by atoms with Crippen LogP contribution >= 0.6 is 0 Å². The number of furan rings is 2. The number of benzene rings is 1. The lowest BCUT2D eigenvalue weighted by Gasteiger charge is -2.19. The SMILES string of the molecule is FC(F)(F)c1cccc(-c2noc(CCCN(Cc3ccco3)Cc3ccco3)n2)c1. The van der Waals surface area contributed by atoms with Gasteiger partial charge < -0.3 is 13.4 Å². The predicted molar refractivity (Wildman–Crippen MR) is 105 cm³/mol. The predicted octanol–water partition coefficient (Wildman–Crippen LogP) is 5.58. The average molecular weight is 431 g/mol.